The van der Waals surface area contributed by atoms with Gasteiger partial charge in [-0.2, -0.15) is 5.26 Å². The zero-order chi connectivity index (χ0) is 10.6. The second-order valence-corrected chi connectivity index (χ2v) is 3.40. The van der Waals surface area contributed by atoms with Crippen molar-refractivity contribution in [2.75, 3.05) is 0 Å². The van der Waals surface area contributed by atoms with E-state index in [0.717, 1.165) is 11.1 Å². The van der Waals surface area contributed by atoms with Crippen LogP contribution in [0.1, 0.15) is 11.1 Å². The molecule has 0 aliphatic carbocycles. The molecule has 4 heteroatoms. The Labute approximate surface area is 87.4 Å². The number of rotatable bonds is 2. The first-order valence-electron chi connectivity index (χ1n) is 4.06. The molecule has 0 bridgehead atoms. The molecular weight excluding hydrogens is 199 g/mol. The highest BCUT2D eigenvalue weighted by molar-refractivity contribution is 7.80. The summed E-state index contributed by atoms with van der Waals surface area (Å²) >= 11 is 4.88. The van der Waals surface area contributed by atoms with E-state index in [1.54, 1.807) is 12.3 Å². The number of aryl methyl sites for hydroxylation is 1. The molecule has 1 N–H and O–H groups in total. The van der Waals surface area contributed by atoms with Crippen molar-refractivity contribution in [3.63, 3.8) is 0 Å². The number of thiocarbonyl (C=S) groups is 1. The zero-order valence-electron chi connectivity index (χ0n) is 7.67. The van der Waals surface area contributed by atoms with Crippen molar-refractivity contribution >= 4 is 17.2 Å². The summed E-state index contributed by atoms with van der Waals surface area (Å²) < 4.78 is 12.9. The zero-order valence-corrected chi connectivity index (χ0v) is 8.49. The molecule has 14 heavy (non-hydrogen) atoms. The van der Waals surface area contributed by atoms with Gasteiger partial charge < -0.3 is 0 Å². The lowest BCUT2D eigenvalue weighted by atomic mass is 10.1. The van der Waals surface area contributed by atoms with Gasteiger partial charge in [-0.25, -0.2) is 4.39 Å². The summed E-state index contributed by atoms with van der Waals surface area (Å²) in [5, 5.41) is 10.7. The third kappa shape index (κ3) is 2.79. The molecule has 0 aliphatic rings. The predicted octanol–water partition coefficient (Wildman–Crippen LogP) is 2.07. The van der Waals surface area contributed by atoms with Crippen molar-refractivity contribution < 1.29 is 4.39 Å². The minimum atomic E-state index is -0.287. The maximum atomic E-state index is 12.9. The lowest BCUT2D eigenvalue weighted by Gasteiger charge is -2.05. The Balaban J connectivity index is 2.81. The van der Waals surface area contributed by atoms with Crippen molar-refractivity contribution in [1.82, 2.24) is 5.32 Å². The molecule has 1 rings (SSSR count). The van der Waals surface area contributed by atoms with E-state index in [4.69, 9.17) is 17.5 Å². The summed E-state index contributed by atoms with van der Waals surface area (Å²) in [6, 6.07) is 4.53. The third-order valence-electron chi connectivity index (χ3n) is 1.86. The highest BCUT2D eigenvalue weighted by Gasteiger charge is 2.03. The van der Waals surface area contributed by atoms with Crippen molar-refractivity contribution in [1.29, 1.82) is 5.26 Å². The minimum Gasteiger partial charge on any atom is -0.286 e. The van der Waals surface area contributed by atoms with Gasteiger partial charge in [0.2, 0.25) is 0 Å². The highest BCUT2D eigenvalue weighted by Crippen LogP contribution is 2.11. The summed E-state index contributed by atoms with van der Waals surface area (Å²) in [6.07, 6.45) is 2.13. The first-order chi connectivity index (χ1) is 6.63. The van der Waals surface area contributed by atoms with E-state index in [9.17, 15) is 4.39 Å². The molecule has 1 aromatic rings. The van der Waals surface area contributed by atoms with Crippen molar-refractivity contribution in [2.45, 2.75) is 13.3 Å². The SMILES string of the molecule is Cc1ccc(F)cc1CC(=S)NC#N. The third-order valence-corrected chi connectivity index (χ3v) is 2.10. The van der Waals surface area contributed by atoms with Gasteiger partial charge in [-0.1, -0.05) is 18.3 Å². The first kappa shape index (κ1) is 10.6. The largest absolute Gasteiger partial charge is 0.286 e. The second-order valence-electron chi connectivity index (χ2n) is 2.91. The summed E-state index contributed by atoms with van der Waals surface area (Å²) in [6.45, 7) is 1.88. The number of nitrogens with one attached hydrogen (secondary N) is 1. The van der Waals surface area contributed by atoms with Gasteiger partial charge in [-0.15, -0.1) is 0 Å². The van der Waals surface area contributed by atoms with Crippen LogP contribution < -0.4 is 5.32 Å². The van der Waals surface area contributed by atoms with E-state index in [2.05, 4.69) is 5.32 Å². The number of hydrogen-bond donors (Lipinski definition) is 1. The van der Waals surface area contributed by atoms with Gasteiger partial charge in [0, 0.05) is 6.42 Å². The van der Waals surface area contributed by atoms with Crippen LogP contribution in [0.5, 0.6) is 0 Å². The molecule has 0 saturated carbocycles. The Hall–Kier alpha value is -1.47. The maximum Gasteiger partial charge on any atom is 0.181 e. The fraction of sp³-hybridized carbons (Fsp3) is 0.200. The van der Waals surface area contributed by atoms with Gasteiger partial charge in [0.1, 0.15) is 5.82 Å². The molecular formula is C10H9FN2S. The van der Waals surface area contributed by atoms with Crippen LogP contribution in [-0.4, -0.2) is 4.99 Å². The summed E-state index contributed by atoms with van der Waals surface area (Å²) in [7, 11) is 0. The van der Waals surface area contributed by atoms with Crippen LogP contribution in [0.4, 0.5) is 4.39 Å². The normalized spacial score (nSPS) is 9.21. The van der Waals surface area contributed by atoms with Crippen molar-refractivity contribution in [2.24, 2.45) is 0 Å². The van der Waals surface area contributed by atoms with Gasteiger partial charge in [-0.3, -0.25) is 5.32 Å². The molecule has 0 fully saturated rings. The van der Waals surface area contributed by atoms with Gasteiger partial charge >= 0.3 is 0 Å². The average molecular weight is 208 g/mol. The fourth-order valence-electron chi connectivity index (χ4n) is 1.11. The monoisotopic (exact) mass is 208 g/mol. The number of hydrogen-bond acceptors (Lipinski definition) is 2. The van der Waals surface area contributed by atoms with Crippen LogP contribution in [0.15, 0.2) is 18.2 Å². The molecule has 0 spiro atoms. The molecule has 0 saturated heterocycles. The van der Waals surface area contributed by atoms with Crippen molar-refractivity contribution in [3.05, 3.63) is 35.1 Å². The smallest absolute Gasteiger partial charge is 0.181 e. The molecule has 0 aliphatic heterocycles. The Bertz CT molecular complexity index is 396. The Morgan fingerprint density at radius 1 is 1.64 bits per heavy atom. The van der Waals surface area contributed by atoms with Gasteiger partial charge in [0.25, 0.3) is 0 Å². The van der Waals surface area contributed by atoms with E-state index in [-0.39, 0.29) is 5.82 Å². The van der Waals surface area contributed by atoms with Gasteiger partial charge in [-0.05, 0) is 30.2 Å². The van der Waals surface area contributed by atoms with E-state index >= 15 is 0 Å². The molecule has 2 nitrogen and oxygen atoms in total. The van der Waals surface area contributed by atoms with Crippen molar-refractivity contribution in [3.8, 4) is 6.19 Å². The van der Waals surface area contributed by atoms with E-state index in [1.165, 1.54) is 12.1 Å². The topological polar surface area (TPSA) is 35.8 Å². The van der Waals surface area contributed by atoms with Crippen LogP contribution in [0.3, 0.4) is 0 Å². The van der Waals surface area contributed by atoms with Gasteiger partial charge in [0.15, 0.2) is 6.19 Å². The quantitative estimate of drug-likeness (QED) is 0.459. The predicted molar refractivity (Wildman–Crippen MR) is 56.2 cm³/mol. The standard InChI is InChI=1S/C10H9FN2S/c1-7-2-3-9(11)4-8(7)5-10(14)13-6-12/h2-4H,5H2,1H3,(H,13,14). The fourth-order valence-corrected chi connectivity index (χ4v) is 1.31. The number of nitrogens with zero attached hydrogens (tertiary/aromatic N) is 1. The number of benzene rings is 1. The Kier molecular flexibility index (Phi) is 3.55. The van der Waals surface area contributed by atoms with Crippen LogP contribution in [-0.2, 0) is 6.42 Å². The summed E-state index contributed by atoms with van der Waals surface area (Å²) in [5.41, 5.74) is 1.77. The van der Waals surface area contributed by atoms with Gasteiger partial charge in [0.05, 0.1) is 4.99 Å². The Morgan fingerprint density at radius 3 is 3.00 bits per heavy atom. The lowest BCUT2D eigenvalue weighted by Crippen LogP contribution is -2.17. The Morgan fingerprint density at radius 2 is 2.36 bits per heavy atom. The highest BCUT2D eigenvalue weighted by atomic mass is 32.1. The molecule has 0 aromatic heterocycles. The number of nitriles is 1. The second kappa shape index (κ2) is 4.68. The summed E-state index contributed by atoms with van der Waals surface area (Å²) in [5.74, 6) is -0.287. The summed E-state index contributed by atoms with van der Waals surface area (Å²) in [4.78, 5) is 0.404. The molecule has 0 unspecified atom stereocenters. The molecule has 0 heterocycles. The molecule has 72 valence electrons. The van der Waals surface area contributed by atoms with Crippen LogP contribution in [0.2, 0.25) is 0 Å². The van der Waals surface area contributed by atoms with Crippen LogP contribution >= 0.6 is 12.2 Å². The molecule has 0 amide bonds. The maximum absolute atomic E-state index is 12.9. The van der Waals surface area contributed by atoms with E-state index in [1.807, 2.05) is 6.92 Å². The van der Waals surface area contributed by atoms with E-state index < -0.39 is 0 Å². The number of halogens is 1. The minimum absolute atomic E-state index is 0.287. The van der Waals surface area contributed by atoms with Crippen LogP contribution in [0, 0.1) is 24.2 Å². The molecule has 0 radical (unpaired) electrons. The van der Waals surface area contributed by atoms with Crippen LogP contribution in [0.25, 0.3) is 0 Å². The molecule has 1 aromatic carbocycles. The molecule has 0 atom stereocenters. The average Bonchev–Trinajstić information content (AvgIpc) is 2.12. The van der Waals surface area contributed by atoms with E-state index in [0.29, 0.717) is 11.4 Å². The lowest BCUT2D eigenvalue weighted by molar-refractivity contribution is 0.625. The first-order valence-corrected chi connectivity index (χ1v) is 4.47.